The Hall–Kier alpha value is -1.54. The summed E-state index contributed by atoms with van der Waals surface area (Å²) in [5, 5.41) is 2.40. The van der Waals surface area contributed by atoms with Gasteiger partial charge in [-0.2, -0.15) is 0 Å². The number of benzene rings is 2. The van der Waals surface area contributed by atoms with Crippen LogP contribution in [0, 0.1) is 0 Å². The fourth-order valence-electron chi connectivity index (χ4n) is 2.40. The van der Waals surface area contributed by atoms with Crippen LogP contribution in [0.4, 0.5) is 0 Å². The molecule has 3 heteroatoms. The van der Waals surface area contributed by atoms with E-state index < -0.39 is 0 Å². The fourth-order valence-corrected chi connectivity index (χ4v) is 2.59. The van der Waals surface area contributed by atoms with Crippen LogP contribution in [0.1, 0.15) is 24.8 Å². The molecule has 0 aromatic heterocycles. The number of amides is 1. The molecule has 0 heterocycles. The highest BCUT2D eigenvalue weighted by Gasteiger charge is 2.09. The average Bonchev–Trinajstić information content (AvgIpc) is 2.51. The average molecular weight is 304 g/mol. The van der Waals surface area contributed by atoms with E-state index >= 15 is 0 Å². The third kappa shape index (κ3) is 4.75. The Morgan fingerprint density at radius 1 is 1.05 bits per heavy atom. The molecule has 112 valence electrons. The smallest absolute Gasteiger partial charge is 0.226 e. The third-order valence-electron chi connectivity index (χ3n) is 3.72. The van der Waals surface area contributed by atoms with Crippen molar-refractivity contribution in [3.63, 3.8) is 0 Å². The van der Waals surface area contributed by atoms with E-state index in [0.29, 0.717) is 12.3 Å². The zero-order valence-electron chi connectivity index (χ0n) is 12.5. The van der Waals surface area contributed by atoms with Crippen molar-refractivity contribution in [3.05, 3.63) is 48.0 Å². The van der Waals surface area contributed by atoms with Crippen molar-refractivity contribution >= 4 is 28.3 Å². The first kappa shape index (κ1) is 15.8. The predicted octanol–water partition coefficient (Wildman–Crippen LogP) is 4.25. The van der Waals surface area contributed by atoms with E-state index in [-0.39, 0.29) is 5.91 Å². The molecule has 0 saturated heterocycles. The number of unbranched alkanes of at least 4 members (excludes halogenated alkanes) is 2. The molecule has 2 nitrogen and oxygen atoms in total. The largest absolute Gasteiger partial charge is 0.345 e. The molecule has 0 aliphatic rings. The van der Waals surface area contributed by atoms with Crippen molar-refractivity contribution in [1.29, 1.82) is 0 Å². The number of halogens is 1. The lowest BCUT2D eigenvalue weighted by molar-refractivity contribution is -0.129. The lowest BCUT2D eigenvalue weighted by atomic mass is 10.0. The topological polar surface area (TPSA) is 20.3 Å². The van der Waals surface area contributed by atoms with Gasteiger partial charge in [0.05, 0.1) is 6.42 Å². The highest BCUT2D eigenvalue weighted by molar-refractivity contribution is 6.17. The van der Waals surface area contributed by atoms with Crippen LogP contribution in [0.2, 0.25) is 0 Å². The van der Waals surface area contributed by atoms with E-state index in [9.17, 15) is 4.79 Å². The first-order valence-corrected chi connectivity index (χ1v) is 8.02. The van der Waals surface area contributed by atoms with Gasteiger partial charge in [0.25, 0.3) is 0 Å². The SMILES string of the molecule is CN(CCCCCCl)C(=O)Cc1ccc2ccccc2c1. The molecule has 0 saturated carbocycles. The minimum absolute atomic E-state index is 0.177. The molecule has 2 rings (SSSR count). The molecule has 2 aromatic carbocycles. The monoisotopic (exact) mass is 303 g/mol. The summed E-state index contributed by atoms with van der Waals surface area (Å²) in [7, 11) is 1.88. The number of carbonyl (C=O) groups is 1. The Morgan fingerprint density at radius 2 is 1.81 bits per heavy atom. The van der Waals surface area contributed by atoms with E-state index in [4.69, 9.17) is 11.6 Å². The van der Waals surface area contributed by atoms with Crippen LogP contribution >= 0.6 is 11.6 Å². The normalized spacial score (nSPS) is 10.8. The van der Waals surface area contributed by atoms with Gasteiger partial charge in [0.15, 0.2) is 0 Å². The minimum Gasteiger partial charge on any atom is -0.345 e. The zero-order valence-corrected chi connectivity index (χ0v) is 13.3. The van der Waals surface area contributed by atoms with Crippen LogP contribution in [0.3, 0.4) is 0 Å². The first-order chi connectivity index (χ1) is 10.2. The van der Waals surface area contributed by atoms with Crippen molar-refractivity contribution in [3.8, 4) is 0 Å². The molecular formula is C18H22ClNO. The van der Waals surface area contributed by atoms with Gasteiger partial charge in [-0.15, -0.1) is 11.6 Å². The Balaban J connectivity index is 1.91. The highest BCUT2D eigenvalue weighted by atomic mass is 35.5. The minimum atomic E-state index is 0.177. The van der Waals surface area contributed by atoms with Crippen molar-refractivity contribution in [2.75, 3.05) is 19.5 Å². The van der Waals surface area contributed by atoms with E-state index in [0.717, 1.165) is 31.4 Å². The summed E-state index contributed by atoms with van der Waals surface area (Å²) in [6.07, 6.45) is 3.59. The Morgan fingerprint density at radius 3 is 2.57 bits per heavy atom. The van der Waals surface area contributed by atoms with Crippen LogP contribution < -0.4 is 0 Å². The maximum absolute atomic E-state index is 12.2. The molecule has 0 bridgehead atoms. The van der Waals surface area contributed by atoms with Crippen LogP contribution in [0.5, 0.6) is 0 Å². The summed E-state index contributed by atoms with van der Waals surface area (Å²) in [6, 6.07) is 14.5. The van der Waals surface area contributed by atoms with E-state index in [1.165, 1.54) is 10.8 Å². The van der Waals surface area contributed by atoms with E-state index in [1.807, 2.05) is 30.1 Å². The molecule has 2 aromatic rings. The van der Waals surface area contributed by atoms with Crippen molar-refractivity contribution in [2.24, 2.45) is 0 Å². The summed E-state index contributed by atoms with van der Waals surface area (Å²) in [6.45, 7) is 0.809. The summed E-state index contributed by atoms with van der Waals surface area (Å²) >= 11 is 5.65. The van der Waals surface area contributed by atoms with Gasteiger partial charge in [0.2, 0.25) is 5.91 Å². The van der Waals surface area contributed by atoms with E-state index in [2.05, 4.69) is 24.3 Å². The molecule has 0 aliphatic heterocycles. The maximum Gasteiger partial charge on any atom is 0.226 e. The maximum atomic E-state index is 12.2. The molecular weight excluding hydrogens is 282 g/mol. The van der Waals surface area contributed by atoms with Crippen LogP contribution in [-0.2, 0) is 11.2 Å². The number of fused-ring (bicyclic) bond motifs is 1. The third-order valence-corrected chi connectivity index (χ3v) is 3.99. The number of hydrogen-bond donors (Lipinski definition) is 0. The zero-order chi connectivity index (χ0) is 15.1. The number of likely N-dealkylation sites (N-methyl/N-ethyl adjacent to an activating group) is 1. The summed E-state index contributed by atoms with van der Waals surface area (Å²) in [5.41, 5.74) is 1.08. The predicted molar refractivity (Wildman–Crippen MR) is 89.9 cm³/mol. The molecule has 21 heavy (non-hydrogen) atoms. The van der Waals surface area contributed by atoms with Gasteiger partial charge in [-0.05, 0) is 29.2 Å². The molecule has 0 unspecified atom stereocenters. The van der Waals surface area contributed by atoms with Gasteiger partial charge in [0, 0.05) is 19.5 Å². The number of carbonyl (C=O) groups excluding carboxylic acids is 1. The molecule has 0 atom stereocenters. The van der Waals surface area contributed by atoms with Gasteiger partial charge < -0.3 is 4.90 Å². The molecule has 0 spiro atoms. The number of nitrogens with zero attached hydrogens (tertiary/aromatic N) is 1. The molecule has 0 radical (unpaired) electrons. The van der Waals surface area contributed by atoms with Crippen LogP contribution in [0.25, 0.3) is 10.8 Å². The van der Waals surface area contributed by atoms with E-state index in [1.54, 1.807) is 0 Å². The fraction of sp³-hybridized carbons (Fsp3) is 0.389. The summed E-state index contributed by atoms with van der Waals surface area (Å²) in [4.78, 5) is 14.0. The Labute approximate surface area is 131 Å². The quantitative estimate of drug-likeness (QED) is 0.553. The van der Waals surface area contributed by atoms with Gasteiger partial charge in [-0.1, -0.05) is 48.9 Å². The summed E-state index contributed by atoms with van der Waals surface area (Å²) < 4.78 is 0. The number of alkyl halides is 1. The summed E-state index contributed by atoms with van der Waals surface area (Å²) in [5.74, 6) is 0.880. The van der Waals surface area contributed by atoms with Gasteiger partial charge in [-0.3, -0.25) is 4.79 Å². The number of hydrogen-bond acceptors (Lipinski definition) is 1. The lowest BCUT2D eigenvalue weighted by Crippen LogP contribution is -2.29. The lowest BCUT2D eigenvalue weighted by Gasteiger charge is -2.17. The van der Waals surface area contributed by atoms with Crippen LogP contribution in [0.15, 0.2) is 42.5 Å². The molecule has 0 aliphatic carbocycles. The van der Waals surface area contributed by atoms with Gasteiger partial charge in [-0.25, -0.2) is 0 Å². The van der Waals surface area contributed by atoms with Gasteiger partial charge >= 0.3 is 0 Å². The highest BCUT2D eigenvalue weighted by Crippen LogP contribution is 2.16. The van der Waals surface area contributed by atoms with Crippen molar-refractivity contribution in [2.45, 2.75) is 25.7 Å². The molecule has 1 amide bonds. The Kier molecular flexibility index (Phi) is 6.06. The van der Waals surface area contributed by atoms with Crippen molar-refractivity contribution in [1.82, 2.24) is 4.90 Å². The second-order valence-electron chi connectivity index (χ2n) is 5.42. The van der Waals surface area contributed by atoms with Crippen molar-refractivity contribution < 1.29 is 4.79 Å². The second kappa shape index (κ2) is 8.04. The van der Waals surface area contributed by atoms with Gasteiger partial charge in [0.1, 0.15) is 0 Å². The Bertz CT molecular complexity index is 597. The standard InChI is InChI=1S/C18H22ClNO/c1-20(12-6-2-5-11-19)18(21)14-15-9-10-16-7-3-4-8-17(16)13-15/h3-4,7-10,13H,2,5-6,11-12,14H2,1H3. The second-order valence-corrected chi connectivity index (χ2v) is 5.80. The molecule has 0 fully saturated rings. The number of rotatable bonds is 7. The first-order valence-electron chi connectivity index (χ1n) is 7.48. The van der Waals surface area contributed by atoms with Crippen LogP contribution in [-0.4, -0.2) is 30.3 Å². The molecule has 0 N–H and O–H groups in total.